The zero-order chi connectivity index (χ0) is 17.2. The van der Waals surface area contributed by atoms with Gasteiger partial charge in [-0.3, -0.25) is 4.55 Å². The summed E-state index contributed by atoms with van der Waals surface area (Å²) < 4.78 is 57.6. The van der Waals surface area contributed by atoms with Crippen LogP contribution in [0.4, 0.5) is 0 Å². The minimum atomic E-state index is -4.59. The molecule has 3 aliphatic rings. The third-order valence-electron chi connectivity index (χ3n) is 4.44. The molecule has 0 unspecified atom stereocenters. The number of rotatable bonds is 2. The van der Waals surface area contributed by atoms with E-state index in [1.54, 1.807) is 6.07 Å². The van der Waals surface area contributed by atoms with E-state index in [4.69, 9.17) is 23.5 Å². The predicted octanol–water partition coefficient (Wildman–Crippen LogP) is 2.21. The van der Waals surface area contributed by atoms with Crippen LogP contribution in [0.2, 0.25) is 0 Å². The van der Waals surface area contributed by atoms with Crippen molar-refractivity contribution in [2.24, 2.45) is 0 Å². The van der Waals surface area contributed by atoms with Gasteiger partial charge in [-0.1, -0.05) is 0 Å². The fraction of sp³-hybridized carbons (Fsp3) is 0.250. The fourth-order valence-electron chi connectivity index (χ4n) is 3.40. The second-order valence-electron chi connectivity index (χ2n) is 5.91. The molecular weight excluding hydrogens is 352 g/mol. The van der Waals surface area contributed by atoms with Crippen molar-refractivity contribution in [2.45, 2.75) is 12.0 Å². The van der Waals surface area contributed by atoms with Crippen molar-refractivity contribution < 1.29 is 36.1 Å². The van der Waals surface area contributed by atoms with Gasteiger partial charge in [-0.25, -0.2) is 0 Å². The van der Waals surface area contributed by atoms with Gasteiger partial charge < -0.3 is 23.1 Å². The molecule has 0 saturated heterocycles. The van der Waals surface area contributed by atoms with Crippen LogP contribution in [0.1, 0.15) is 23.1 Å². The summed E-state index contributed by atoms with van der Waals surface area (Å²) in [7, 11) is -4.59. The highest BCUT2D eigenvalue weighted by Gasteiger charge is 2.42. The van der Waals surface area contributed by atoms with Gasteiger partial charge in [0.05, 0.1) is 12.5 Å². The van der Waals surface area contributed by atoms with E-state index in [1.807, 2.05) is 12.1 Å². The smallest absolute Gasteiger partial charge is 0.446 e. The summed E-state index contributed by atoms with van der Waals surface area (Å²) >= 11 is 0. The molecule has 9 heteroatoms. The molecule has 2 atom stereocenters. The molecule has 130 valence electrons. The highest BCUT2D eigenvalue weighted by molar-refractivity contribution is 7.81. The van der Waals surface area contributed by atoms with Crippen LogP contribution in [-0.4, -0.2) is 26.4 Å². The van der Waals surface area contributed by atoms with Crippen molar-refractivity contribution in [3.63, 3.8) is 0 Å². The van der Waals surface area contributed by atoms with Crippen LogP contribution in [0.3, 0.4) is 0 Å². The second-order valence-corrected chi connectivity index (χ2v) is 6.93. The van der Waals surface area contributed by atoms with Crippen LogP contribution < -0.4 is 23.1 Å². The lowest BCUT2D eigenvalue weighted by Gasteiger charge is -2.28. The normalized spacial score (nSPS) is 22.3. The lowest BCUT2D eigenvalue weighted by atomic mass is 9.89. The Morgan fingerprint density at radius 3 is 2.56 bits per heavy atom. The summed E-state index contributed by atoms with van der Waals surface area (Å²) in [5, 5.41) is 0. The Hall–Kier alpha value is -2.65. The molecule has 0 aromatic heterocycles. The van der Waals surface area contributed by atoms with Crippen molar-refractivity contribution >= 4 is 10.4 Å². The summed E-state index contributed by atoms with van der Waals surface area (Å²) in [4.78, 5) is 0. The van der Waals surface area contributed by atoms with Gasteiger partial charge in [0.1, 0.15) is 23.4 Å². The van der Waals surface area contributed by atoms with Crippen molar-refractivity contribution in [3.8, 4) is 28.7 Å². The zero-order valence-corrected chi connectivity index (χ0v) is 13.5. The van der Waals surface area contributed by atoms with Gasteiger partial charge >= 0.3 is 10.4 Å². The summed E-state index contributed by atoms with van der Waals surface area (Å²) in [5.41, 5.74) is 1.76. The van der Waals surface area contributed by atoms with E-state index < -0.39 is 10.4 Å². The molecule has 0 spiro atoms. The van der Waals surface area contributed by atoms with Gasteiger partial charge in [0.15, 0.2) is 11.5 Å². The standard InChI is InChI=1S/C16H12O8S/c17-25(18,19)24-8-1-2-9-12(3-8)20-6-11-10-4-14-15(22-7-21-14)5-13(10)23-16(9)11/h1-5,11,16H,6-7H2,(H,17,18,19)/t11-,16-/m0/s1. The molecule has 3 heterocycles. The lowest BCUT2D eigenvalue weighted by Crippen LogP contribution is -2.23. The first-order valence-electron chi connectivity index (χ1n) is 7.52. The molecule has 8 nitrogen and oxygen atoms in total. The first-order valence-corrected chi connectivity index (χ1v) is 8.88. The summed E-state index contributed by atoms with van der Waals surface area (Å²) in [6, 6.07) is 8.24. The number of fused-ring (bicyclic) bond motifs is 6. The molecule has 0 fully saturated rings. The number of benzene rings is 2. The van der Waals surface area contributed by atoms with Gasteiger partial charge in [-0.05, 0) is 18.2 Å². The van der Waals surface area contributed by atoms with Crippen molar-refractivity contribution in [3.05, 3.63) is 41.5 Å². The maximum absolute atomic E-state index is 10.8. The third kappa shape index (κ3) is 2.35. The van der Waals surface area contributed by atoms with E-state index >= 15 is 0 Å². The van der Waals surface area contributed by atoms with E-state index in [1.165, 1.54) is 12.1 Å². The largest absolute Gasteiger partial charge is 0.492 e. The summed E-state index contributed by atoms with van der Waals surface area (Å²) in [6.45, 7) is 0.557. The first-order chi connectivity index (χ1) is 12.0. The molecule has 0 aliphatic carbocycles. The molecule has 2 aromatic carbocycles. The van der Waals surface area contributed by atoms with E-state index in [2.05, 4.69) is 4.18 Å². The average molecular weight is 364 g/mol. The molecule has 0 bridgehead atoms. The van der Waals surface area contributed by atoms with E-state index in [9.17, 15) is 8.42 Å². The van der Waals surface area contributed by atoms with Crippen LogP contribution in [0.15, 0.2) is 30.3 Å². The van der Waals surface area contributed by atoms with Crippen LogP contribution in [-0.2, 0) is 10.4 Å². The summed E-state index contributed by atoms with van der Waals surface area (Å²) in [6.07, 6.45) is -0.263. The van der Waals surface area contributed by atoms with Gasteiger partial charge in [0.2, 0.25) is 6.79 Å². The highest BCUT2D eigenvalue weighted by atomic mass is 32.3. The molecule has 5 rings (SSSR count). The Kier molecular flexibility index (Phi) is 2.89. The molecule has 0 radical (unpaired) electrons. The molecular formula is C16H12O8S. The van der Waals surface area contributed by atoms with E-state index in [0.29, 0.717) is 29.6 Å². The van der Waals surface area contributed by atoms with Crippen LogP contribution >= 0.6 is 0 Å². The number of hydrogen-bond acceptors (Lipinski definition) is 7. The van der Waals surface area contributed by atoms with Crippen molar-refractivity contribution in [2.75, 3.05) is 13.4 Å². The fourth-order valence-corrected chi connectivity index (χ4v) is 3.74. The van der Waals surface area contributed by atoms with Gasteiger partial charge in [0.25, 0.3) is 0 Å². The van der Waals surface area contributed by atoms with Crippen LogP contribution in [0.5, 0.6) is 28.7 Å². The minimum Gasteiger partial charge on any atom is -0.492 e. The second kappa shape index (κ2) is 4.93. The van der Waals surface area contributed by atoms with Gasteiger partial charge in [0, 0.05) is 23.3 Å². The monoisotopic (exact) mass is 364 g/mol. The maximum Gasteiger partial charge on any atom is 0.446 e. The number of ether oxygens (including phenoxy) is 4. The Labute approximate surface area is 142 Å². The maximum atomic E-state index is 10.8. The summed E-state index contributed by atoms with van der Waals surface area (Å²) in [5.74, 6) is 2.46. The average Bonchev–Trinajstić information content (AvgIpc) is 3.14. The quantitative estimate of drug-likeness (QED) is 0.810. The third-order valence-corrected chi connectivity index (χ3v) is 4.84. The zero-order valence-electron chi connectivity index (χ0n) is 12.7. The first kappa shape index (κ1) is 14.7. The lowest BCUT2D eigenvalue weighted by molar-refractivity contribution is 0.138. The molecule has 3 aliphatic heterocycles. The van der Waals surface area contributed by atoms with Crippen LogP contribution in [0, 0.1) is 0 Å². The van der Waals surface area contributed by atoms with Crippen molar-refractivity contribution in [1.82, 2.24) is 0 Å². The molecule has 1 N–H and O–H groups in total. The Morgan fingerprint density at radius 2 is 1.76 bits per heavy atom. The van der Waals surface area contributed by atoms with Crippen LogP contribution in [0.25, 0.3) is 0 Å². The highest BCUT2D eigenvalue weighted by Crippen LogP contribution is 2.54. The minimum absolute atomic E-state index is 0.00894. The predicted molar refractivity (Wildman–Crippen MR) is 82.8 cm³/mol. The molecule has 0 amide bonds. The van der Waals surface area contributed by atoms with E-state index in [-0.39, 0.29) is 24.6 Å². The van der Waals surface area contributed by atoms with Gasteiger partial charge in [-0.2, -0.15) is 8.42 Å². The SMILES string of the molecule is O=S(=O)(O)Oc1ccc2c(c1)OC[C@H]1c3cc4c(cc3O[C@@H]21)OCO4. The molecule has 25 heavy (non-hydrogen) atoms. The Morgan fingerprint density at radius 1 is 0.960 bits per heavy atom. The topological polar surface area (TPSA) is 101 Å². The number of hydrogen-bond donors (Lipinski definition) is 1. The Balaban J connectivity index is 1.51. The van der Waals surface area contributed by atoms with Gasteiger partial charge in [-0.15, -0.1) is 0 Å². The molecule has 0 saturated carbocycles. The van der Waals surface area contributed by atoms with Crippen molar-refractivity contribution in [1.29, 1.82) is 0 Å². The van der Waals surface area contributed by atoms with E-state index in [0.717, 1.165) is 11.1 Å². The Bertz CT molecular complexity index is 984. The molecule has 2 aromatic rings.